The van der Waals surface area contributed by atoms with E-state index in [-0.39, 0.29) is 11.8 Å². The molecule has 1 heterocycles. The van der Waals surface area contributed by atoms with Crippen molar-refractivity contribution in [1.82, 2.24) is 5.32 Å². The van der Waals surface area contributed by atoms with Gasteiger partial charge in [0, 0.05) is 22.6 Å². The van der Waals surface area contributed by atoms with E-state index in [0.717, 1.165) is 0 Å². The third-order valence-electron chi connectivity index (χ3n) is 2.58. The third-order valence-corrected chi connectivity index (χ3v) is 3.60. The second-order valence-corrected chi connectivity index (χ2v) is 5.35. The zero-order valence-electron chi connectivity index (χ0n) is 10.9. The molecule has 1 aliphatic rings. The maximum Gasteiger partial charge on any atom is 0.227 e. The molecule has 1 fully saturated rings. The summed E-state index contributed by atoms with van der Waals surface area (Å²) in [4.78, 5) is 22.8. The topological polar surface area (TPSA) is 46.2 Å². The highest BCUT2D eigenvalue weighted by Gasteiger charge is 2.15. The molecule has 20 heavy (non-hydrogen) atoms. The second kappa shape index (κ2) is 7.50. The Morgan fingerprint density at radius 3 is 1.40 bits per heavy atom. The zero-order valence-corrected chi connectivity index (χ0v) is 11.7. The zero-order chi connectivity index (χ0) is 14.2. The van der Waals surface area contributed by atoms with E-state index in [1.807, 2.05) is 12.1 Å². The van der Waals surface area contributed by atoms with Crippen LogP contribution < -0.4 is 5.32 Å². The van der Waals surface area contributed by atoms with E-state index in [4.69, 9.17) is 0 Å². The van der Waals surface area contributed by atoms with Gasteiger partial charge in [0.05, 0.1) is 0 Å². The molecule has 2 aromatic rings. The fraction of sp³-hybridized carbons (Fsp3) is 0.125. The van der Waals surface area contributed by atoms with Crippen LogP contribution in [0.15, 0.2) is 70.5 Å². The van der Waals surface area contributed by atoms with Gasteiger partial charge in [-0.15, -0.1) is 0 Å². The van der Waals surface area contributed by atoms with Gasteiger partial charge < -0.3 is 0 Å². The number of nitrogens with one attached hydrogen (secondary N) is 1. The van der Waals surface area contributed by atoms with E-state index >= 15 is 0 Å². The van der Waals surface area contributed by atoms with Crippen molar-refractivity contribution in [2.75, 3.05) is 0 Å². The predicted molar refractivity (Wildman–Crippen MR) is 79.4 cm³/mol. The lowest BCUT2D eigenvalue weighted by Gasteiger charge is -1.99. The molecular formula is C16H15NO2S. The second-order valence-electron chi connectivity index (χ2n) is 4.20. The maximum absolute atomic E-state index is 10.1. The van der Waals surface area contributed by atoms with Crippen molar-refractivity contribution in [2.45, 2.75) is 22.6 Å². The van der Waals surface area contributed by atoms with Gasteiger partial charge in [0.2, 0.25) is 11.8 Å². The van der Waals surface area contributed by atoms with Crippen LogP contribution >= 0.6 is 11.8 Å². The molecule has 0 unspecified atom stereocenters. The van der Waals surface area contributed by atoms with Gasteiger partial charge in [-0.3, -0.25) is 14.9 Å². The summed E-state index contributed by atoms with van der Waals surface area (Å²) >= 11 is 1.79. The van der Waals surface area contributed by atoms with Gasteiger partial charge in [0.1, 0.15) is 0 Å². The number of amides is 2. The van der Waals surface area contributed by atoms with Crippen LogP contribution in [-0.4, -0.2) is 11.8 Å². The minimum absolute atomic E-state index is 0.148. The summed E-state index contributed by atoms with van der Waals surface area (Å²) in [6, 6.07) is 20.8. The number of hydrogen-bond donors (Lipinski definition) is 1. The number of rotatable bonds is 2. The average Bonchev–Trinajstić information content (AvgIpc) is 2.85. The van der Waals surface area contributed by atoms with Crippen LogP contribution in [0.1, 0.15) is 12.8 Å². The van der Waals surface area contributed by atoms with E-state index in [1.165, 1.54) is 9.79 Å². The first-order chi connectivity index (χ1) is 9.74. The van der Waals surface area contributed by atoms with Gasteiger partial charge in [0.15, 0.2) is 0 Å². The maximum atomic E-state index is 10.1. The lowest BCUT2D eigenvalue weighted by molar-refractivity contribution is -0.124. The molecule has 0 aliphatic carbocycles. The summed E-state index contributed by atoms with van der Waals surface area (Å²) in [6.45, 7) is 0. The number of imide groups is 1. The Morgan fingerprint density at radius 2 is 1.10 bits per heavy atom. The smallest absolute Gasteiger partial charge is 0.227 e. The Labute approximate surface area is 122 Å². The van der Waals surface area contributed by atoms with Crippen molar-refractivity contribution >= 4 is 23.6 Å². The van der Waals surface area contributed by atoms with Crippen LogP contribution in [0.5, 0.6) is 0 Å². The molecule has 1 N–H and O–H groups in total. The van der Waals surface area contributed by atoms with E-state index in [0.29, 0.717) is 12.8 Å². The quantitative estimate of drug-likeness (QED) is 0.861. The summed E-state index contributed by atoms with van der Waals surface area (Å²) in [7, 11) is 0. The van der Waals surface area contributed by atoms with E-state index < -0.39 is 0 Å². The van der Waals surface area contributed by atoms with Crippen molar-refractivity contribution in [1.29, 1.82) is 0 Å². The Hall–Kier alpha value is -2.07. The monoisotopic (exact) mass is 285 g/mol. The Kier molecular flexibility index (Phi) is 5.38. The molecule has 2 aromatic carbocycles. The normalized spacial score (nSPS) is 13.4. The van der Waals surface area contributed by atoms with Crippen molar-refractivity contribution in [3.8, 4) is 0 Å². The lowest BCUT2D eigenvalue weighted by Crippen LogP contribution is -2.18. The van der Waals surface area contributed by atoms with E-state index in [2.05, 4.69) is 53.8 Å². The van der Waals surface area contributed by atoms with Crippen molar-refractivity contribution in [2.24, 2.45) is 0 Å². The van der Waals surface area contributed by atoms with Crippen LogP contribution in [-0.2, 0) is 9.59 Å². The van der Waals surface area contributed by atoms with E-state index in [1.54, 1.807) is 11.8 Å². The molecule has 1 aliphatic heterocycles. The molecule has 0 atom stereocenters. The Balaban J connectivity index is 0.000000178. The first-order valence-electron chi connectivity index (χ1n) is 6.34. The van der Waals surface area contributed by atoms with Gasteiger partial charge in [0.25, 0.3) is 0 Å². The minimum atomic E-state index is -0.148. The van der Waals surface area contributed by atoms with Crippen molar-refractivity contribution in [3.05, 3.63) is 60.7 Å². The number of hydrogen-bond acceptors (Lipinski definition) is 3. The highest BCUT2D eigenvalue weighted by Crippen LogP contribution is 2.26. The molecule has 0 radical (unpaired) electrons. The highest BCUT2D eigenvalue weighted by molar-refractivity contribution is 7.99. The molecule has 4 heteroatoms. The van der Waals surface area contributed by atoms with Crippen LogP contribution in [0.3, 0.4) is 0 Å². The first kappa shape index (κ1) is 14.3. The molecular weight excluding hydrogens is 270 g/mol. The van der Waals surface area contributed by atoms with Gasteiger partial charge in [-0.1, -0.05) is 48.2 Å². The van der Waals surface area contributed by atoms with Crippen molar-refractivity contribution in [3.63, 3.8) is 0 Å². The van der Waals surface area contributed by atoms with Gasteiger partial charge in [-0.2, -0.15) is 0 Å². The predicted octanol–water partition coefficient (Wildman–Crippen LogP) is 3.26. The van der Waals surface area contributed by atoms with Gasteiger partial charge in [-0.05, 0) is 24.3 Å². The van der Waals surface area contributed by atoms with Crippen LogP contribution in [0.2, 0.25) is 0 Å². The summed E-state index contributed by atoms with van der Waals surface area (Å²) in [5.41, 5.74) is 0. The fourth-order valence-electron chi connectivity index (χ4n) is 1.62. The van der Waals surface area contributed by atoms with Crippen LogP contribution in [0.25, 0.3) is 0 Å². The number of carbonyl (C=O) groups excluding carboxylic acids is 2. The number of benzene rings is 2. The summed E-state index contributed by atoms with van der Waals surface area (Å²) in [6.07, 6.45) is 0.748. The average molecular weight is 285 g/mol. The molecule has 102 valence electrons. The molecule has 0 saturated carbocycles. The summed E-state index contributed by atoms with van der Waals surface area (Å²) < 4.78 is 0. The third kappa shape index (κ3) is 4.90. The molecule has 3 nitrogen and oxygen atoms in total. The SMILES string of the molecule is O=C1CCC(=O)N1.c1ccc(Sc2ccccc2)cc1. The minimum Gasteiger partial charge on any atom is -0.296 e. The summed E-state index contributed by atoms with van der Waals surface area (Å²) in [5.74, 6) is -0.296. The Morgan fingerprint density at radius 1 is 0.700 bits per heavy atom. The highest BCUT2D eigenvalue weighted by atomic mass is 32.2. The molecule has 0 bridgehead atoms. The molecule has 0 spiro atoms. The standard InChI is InChI=1S/C12H10S.C4H5NO2/c1-3-7-11(8-4-1)13-12-9-5-2-6-10-12;6-3-1-2-4(7)5-3/h1-10H;1-2H2,(H,5,6,7). The Bertz CT molecular complexity index is 518. The van der Waals surface area contributed by atoms with Crippen LogP contribution in [0, 0.1) is 0 Å². The largest absolute Gasteiger partial charge is 0.296 e. The molecule has 1 saturated heterocycles. The molecule has 0 aromatic heterocycles. The van der Waals surface area contributed by atoms with Crippen molar-refractivity contribution < 1.29 is 9.59 Å². The first-order valence-corrected chi connectivity index (χ1v) is 7.16. The number of carbonyl (C=O) groups is 2. The lowest BCUT2D eigenvalue weighted by atomic mass is 10.4. The summed E-state index contributed by atoms with van der Waals surface area (Å²) in [5, 5.41) is 2.14. The molecule has 2 amide bonds. The van der Waals surface area contributed by atoms with Gasteiger partial charge >= 0.3 is 0 Å². The van der Waals surface area contributed by atoms with E-state index in [9.17, 15) is 9.59 Å². The van der Waals surface area contributed by atoms with Gasteiger partial charge in [-0.25, -0.2) is 0 Å². The fourth-order valence-corrected chi connectivity index (χ4v) is 2.48. The van der Waals surface area contributed by atoms with Crippen LogP contribution in [0.4, 0.5) is 0 Å². The molecule has 3 rings (SSSR count).